The van der Waals surface area contributed by atoms with Gasteiger partial charge in [-0.2, -0.15) is 0 Å². The second kappa shape index (κ2) is 17.0. The van der Waals surface area contributed by atoms with Crippen molar-refractivity contribution in [2.45, 2.75) is 92.9 Å². The van der Waals surface area contributed by atoms with Gasteiger partial charge >= 0.3 is 17.1 Å². The number of hydrogen-bond donors (Lipinski definition) is 0. The minimum atomic E-state index is 0. The molecule has 0 aliphatic carbocycles. The van der Waals surface area contributed by atoms with Gasteiger partial charge in [0.2, 0.25) is 0 Å². The molecule has 0 amide bonds. The summed E-state index contributed by atoms with van der Waals surface area (Å²) in [5, 5.41) is 0. The van der Waals surface area contributed by atoms with Crippen molar-refractivity contribution in [2.24, 2.45) is 9.98 Å². The molecule has 0 bridgehead atoms. The van der Waals surface area contributed by atoms with Gasteiger partial charge in [0.05, 0.1) is 34.2 Å². The zero-order valence-corrected chi connectivity index (χ0v) is 28.8. The monoisotopic (exact) mass is 633 g/mol. The molecule has 0 saturated carbocycles. The predicted octanol–water partition coefficient (Wildman–Crippen LogP) is 4.51. The number of pyridine rings is 1. The van der Waals surface area contributed by atoms with E-state index in [2.05, 4.69) is 112 Å². The maximum atomic E-state index is 5.21. The number of benzene rings is 2. The number of rotatable bonds is 9. The summed E-state index contributed by atoms with van der Waals surface area (Å²) in [5.74, 6) is 1.48. The van der Waals surface area contributed by atoms with E-state index >= 15 is 0 Å². The van der Waals surface area contributed by atoms with Gasteiger partial charge in [0.25, 0.3) is 0 Å². The number of hydrogen-bond acceptors (Lipinski definition) is 3. The van der Waals surface area contributed by atoms with Crippen LogP contribution in [0.3, 0.4) is 0 Å². The molecule has 0 N–H and O–H groups in total. The molecule has 6 heteroatoms. The minimum Gasteiger partial charge on any atom is -1.00 e. The number of nitrogens with zero attached hydrogens (tertiary/aromatic N) is 3. The second-order valence-corrected chi connectivity index (χ2v) is 11.4. The average Bonchev–Trinajstić information content (AvgIpc) is 2.87. The second-order valence-electron chi connectivity index (χ2n) is 11.4. The van der Waals surface area contributed by atoms with Crippen LogP contribution >= 0.6 is 0 Å². The fraction of sp³-hybridized carbons (Fsp3) is 0.400. The summed E-state index contributed by atoms with van der Waals surface area (Å²) in [4.78, 5) is 15.4. The molecule has 0 radical (unpaired) electrons. The first-order valence-electron chi connectivity index (χ1n) is 14.0. The third-order valence-corrected chi connectivity index (χ3v) is 7.09. The standard InChI is InChI=1S/C35H45N3.2ClH.Fe/c1-12-27-19-20-30(23(6)7)35(33(27)24(8)9)37-26(11)32-18-14-17-31(38-32)25(10)36-34-28(21(2)3)15-13-16-29(34)22(4)5;;;/h12-24H,1H2,2-11H3;2*1H;/q;;;+2/p-2/b36-25+,37-26+;;;. The maximum Gasteiger partial charge on any atom is 2.00 e. The Morgan fingerprint density at radius 3 is 1.46 bits per heavy atom. The van der Waals surface area contributed by atoms with Crippen molar-refractivity contribution in [1.82, 2.24) is 4.98 Å². The summed E-state index contributed by atoms with van der Waals surface area (Å²) in [7, 11) is 0. The van der Waals surface area contributed by atoms with E-state index in [-0.39, 0.29) is 41.9 Å². The number of para-hydroxylation sites is 1. The molecule has 1 heterocycles. The van der Waals surface area contributed by atoms with E-state index in [1.54, 1.807) is 0 Å². The Bertz CT molecular complexity index is 1350. The van der Waals surface area contributed by atoms with Crippen molar-refractivity contribution in [2.75, 3.05) is 0 Å². The topological polar surface area (TPSA) is 37.6 Å². The molecule has 0 atom stereocenters. The van der Waals surface area contributed by atoms with Crippen molar-refractivity contribution in [1.29, 1.82) is 0 Å². The van der Waals surface area contributed by atoms with Gasteiger partial charge in [0, 0.05) is 0 Å². The zero-order chi connectivity index (χ0) is 28.1. The molecule has 0 unspecified atom stereocenters. The molecule has 3 aromatic rings. The average molecular weight is 635 g/mol. The Morgan fingerprint density at radius 2 is 1.05 bits per heavy atom. The Hall–Kier alpha value is -2.23. The molecule has 0 aliphatic heterocycles. The quantitative estimate of drug-likeness (QED) is 0.253. The van der Waals surface area contributed by atoms with E-state index in [0.29, 0.717) is 23.7 Å². The Kier molecular flexibility index (Phi) is 16.1. The summed E-state index contributed by atoms with van der Waals surface area (Å²) in [6.07, 6.45) is 1.94. The molecule has 0 aliphatic rings. The van der Waals surface area contributed by atoms with Gasteiger partial charge < -0.3 is 24.8 Å². The number of aliphatic imine (C=N–C) groups is 2. The van der Waals surface area contributed by atoms with E-state index in [9.17, 15) is 0 Å². The summed E-state index contributed by atoms with van der Waals surface area (Å²) in [6, 6.07) is 17.0. The van der Waals surface area contributed by atoms with Crippen LogP contribution in [0.5, 0.6) is 0 Å². The molecular weight excluding hydrogens is 589 g/mol. The van der Waals surface area contributed by atoms with Crippen LogP contribution in [0.2, 0.25) is 0 Å². The first-order chi connectivity index (χ1) is 18.0. The predicted molar refractivity (Wildman–Crippen MR) is 167 cm³/mol. The van der Waals surface area contributed by atoms with Crippen LogP contribution in [0, 0.1) is 0 Å². The number of aromatic nitrogens is 1. The van der Waals surface area contributed by atoms with Gasteiger partial charge in [0.1, 0.15) is 0 Å². The smallest absolute Gasteiger partial charge is 1.00 e. The van der Waals surface area contributed by atoms with Crippen LogP contribution < -0.4 is 24.8 Å². The maximum absolute atomic E-state index is 5.21. The van der Waals surface area contributed by atoms with E-state index in [0.717, 1.165) is 39.7 Å². The summed E-state index contributed by atoms with van der Waals surface area (Å²) < 4.78 is 0. The van der Waals surface area contributed by atoms with Gasteiger partial charge in [-0.25, -0.2) is 4.98 Å². The Morgan fingerprint density at radius 1 is 0.634 bits per heavy atom. The van der Waals surface area contributed by atoms with Crippen molar-refractivity contribution < 1.29 is 41.9 Å². The Balaban J connectivity index is 0.00000533. The molecule has 0 fully saturated rings. The zero-order valence-electron chi connectivity index (χ0n) is 26.2. The van der Waals surface area contributed by atoms with E-state index in [1.165, 1.54) is 22.3 Å². The first kappa shape index (κ1) is 38.8. The van der Waals surface area contributed by atoms with Crippen molar-refractivity contribution in [3.05, 3.63) is 94.3 Å². The molecular formula is C35H45Cl2FeN3. The Labute approximate surface area is 271 Å². The SMILES string of the molecule is C=Cc1ccc(C(C)C)c(/N=C(\C)c2cccc(/C(C)=N/c3c(C(C)C)cccc3C(C)C)n2)c1C(C)C.[Cl-].[Cl-].[Fe+2]. The van der Waals surface area contributed by atoms with E-state index < -0.39 is 0 Å². The molecule has 41 heavy (non-hydrogen) atoms. The van der Waals surface area contributed by atoms with E-state index in [4.69, 9.17) is 15.0 Å². The normalized spacial score (nSPS) is 11.9. The summed E-state index contributed by atoms with van der Waals surface area (Å²) in [5.41, 5.74) is 11.9. The fourth-order valence-electron chi connectivity index (χ4n) is 4.94. The third kappa shape index (κ3) is 9.13. The summed E-state index contributed by atoms with van der Waals surface area (Å²) >= 11 is 0. The molecule has 222 valence electrons. The molecule has 2 aromatic carbocycles. The van der Waals surface area contributed by atoms with Gasteiger partial charge in [-0.1, -0.05) is 104 Å². The molecule has 3 nitrogen and oxygen atoms in total. The van der Waals surface area contributed by atoms with Crippen LogP contribution in [0.4, 0.5) is 11.4 Å². The fourth-order valence-corrected chi connectivity index (χ4v) is 4.94. The van der Waals surface area contributed by atoms with Crippen LogP contribution in [0.15, 0.2) is 65.1 Å². The van der Waals surface area contributed by atoms with Crippen molar-refractivity contribution in [3.8, 4) is 0 Å². The molecule has 0 saturated heterocycles. The van der Waals surface area contributed by atoms with Crippen LogP contribution in [-0.4, -0.2) is 16.4 Å². The van der Waals surface area contributed by atoms with Crippen molar-refractivity contribution >= 4 is 28.9 Å². The minimum absolute atomic E-state index is 0. The largest absolute Gasteiger partial charge is 2.00 e. The van der Waals surface area contributed by atoms with Gasteiger partial charge in [-0.15, -0.1) is 0 Å². The van der Waals surface area contributed by atoms with Crippen LogP contribution in [0.1, 0.15) is 132 Å². The number of halogens is 2. The third-order valence-electron chi connectivity index (χ3n) is 7.09. The van der Waals surface area contributed by atoms with Crippen LogP contribution in [0.25, 0.3) is 6.08 Å². The molecule has 1 aromatic heterocycles. The van der Waals surface area contributed by atoms with Gasteiger partial charge in [-0.05, 0) is 77.5 Å². The van der Waals surface area contributed by atoms with Gasteiger partial charge in [-0.3, -0.25) is 9.98 Å². The first-order valence-corrected chi connectivity index (χ1v) is 14.0. The summed E-state index contributed by atoms with van der Waals surface area (Å²) in [6.45, 7) is 26.0. The van der Waals surface area contributed by atoms with Crippen LogP contribution in [-0.2, 0) is 17.1 Å². The van der Waals surface area contributed by atoms with Crippen molar-refractivity contribution in [3.63, 3.8) is 0 Å². The molecule has 0 spiro atoms. The van der Waals surface area contributed by atoms with Gasteiger partial charge in [0.15, 0.2) is 0 Å². The molecule has 3 rings (SSSR count). The van der Waals surface area contributed by atoms with E-state index in [1.807, 2.05) is 18.2 Å².